The van der Waals surface area contributed by atoms with Crippen LogP contribution < -0.4 is 10.5 Å². The molecule has 8 heteroatoms. The molecule has 112 valence electrons. The summed E-state index contributed by atoms with van der Waals surface area (Å²) in [5.41, 5.74) is 6.38. The van der Waals surface area contributed by atoms with E-state index in [0.717, 1.165) is 23.0 Å². The van der Waals surface area contributed by atoms with Gasteiger partial charge in [0.25, 0.3) is 0 Å². The number of anilines is 1. The van der Waals surface area contributed by atoms with Crippen molar-refractivity contribution in [2.24, 2.45) is 11.7 Å². The fourth-order valence-corrected chi connectivity index (χ4v) is 3.74. The molecule has 0 aliphatic carbocycles. The molecule has 1 saturated heterocycles. The highest BCUT2D eigenvalue weighted by molar-refractivity contribution is 9.10. The van der Waals surface area contributed by atoms with Gasteiger partial charge in [0.1, 0.15) is 5.82 Å². The van der Waals surface area contributed by atoms with Gasteiger partial charge in [-0.3, -0.25) is 4.72 Å². The van der Waals surface area contributed by atoms with E-state index in [0.29, 0.717) is 25.5 Å². The number of piperidine rings is 1. The van der Waals surface area contributed by atoms with Gasteiger partial charge < -0.3 is 5.73 Å². The molecule has 0 spiro atoms. The molecule has 6 nitrogen and oxygen atoms in total. The SMILES string of the molecule is Cc1nc(NS(=O)(=O)N2CCCC(CN)C2)ccc1Br. The highest BCUT2D eigenvalue weighted by atomic mass is 79.9. The Bertz CT molecular complexity index is 579. The van der Waals surface area contributed by atoms with Crippen LogP contribution in [-0.2, 0) is 10.2 Å². The fraction of sp³-hybridized carbons (Fsp3) is 0.583. The number of nitrogens with one attached hydrogen (secondary N) is 1. The van der Waals surface area contributed by atoms with Crippen molar-refractivity contribution in [1.29, 1.82) is 0 Å². The van der Waals surface area contributed by atoms with Crippen molar-refractivity contribution in [2.75, 3.05) is 24.4 Å². The number of nitrogens with two attached hydrogens (primary N) is 1. The van der Waals surface area contributed by atoms with Gasteiger partial charge in [0.2, 0.25) is 0 Å². The van der Waals surface area contributed by atoms with Crippen LogP contribution in [0.2, 0.25) is 0 Å². The summed E-state index contributed by atoms with van der Waals surface area (Å²) in [6.45, 7) is 3.33. The van der Waals surface area contributed by atoms with Crippen LogP contribution in [0, 0.1) is 12.8 Å². The summed E-state index contributed by atoms with van der Waals surface area (Å²) in [4.78, 5) is 4.20. The molecule has 20 heavy (non-hydrogen) atoms. The van der Waals surface area contributed by atoms with Gasteiger partial charge in [-0.05, 0) is 60.3 Å². The maximum Gasteiger partial charge on any atom is 0.302 e. The van der Waals surface area contributed by atoms with Crippen molar-refractivity contribution in [2.45, 2.75) is 19.8 Å². The second-order valence-corrected chi connectivity index (χ2v) is 7.50. The molecule has 1 aliphatic rings. The zero-order valence-electron chi connectivity index (χ0n) is 11.3. The van der Waals surface area contributed by atoms with Crippen molar-refractivity contribution in [3.8, 4) is 0 Å². The van der Waals surface area contributed by atoms with Crippen LogP contribution in [0.3, 0.4) is 0 Å². The third-order valence-electron chi connectivity index (χ3n) is 3.41. The smallest absolute Gasteiger partial charge is 0.302 e. The van der Waals surface area contributed by atoms with Crippen LogP contribution in [0.15, 0.2) is 16.6 Å². The first-order chi connectivity index (χ1) is 9.42. The quantitative estimate of drug-likeness (QED) is 0.848. The summed E-state index contributed by atoms with van der Waals surface area (Å²) >= 11 is 3.34. The molecule has 0 bridgehead atoms. The Hall–Kier alpha value is -0.700. The first-order valence-corrected chi connectivity index (χ1v) is 8.77. The number of hydrogen-bond donors (Lipinski definition) is 2. The topological polar surface area (TPSA) is 88.3 Å². The van der Waals surface area contributed by atoms with Crippen molar-refractivity contribution >= 4 is 32.0 Å². The Morgan fingerprint density at radius 3 is 2.95 bits per heavy atom. The largest absolute Gasteiger partial charge is 0.330 e. The first kappa shape index (κ1) is 15.7. The van der Waals surface area contributed by atoms with Gasteiger partial charge in [-0.25, -0.2) is 4.98 Å². The van der Waals surface area contributed by atoms with Crippen LogP contribution in [0.1, 0.15) is 18.5 Å². The third-order valence-corrected chi connectivity index (χ3v) is 5.73. The predicted molar refractivity (Wildman–Crippen MR) is 82.6 cm³/mol. The summed E-state index contributed by atoms with van der Waals surface area (Å²) in [5, 5.41) is 0. The lowest BCUT2D eigenvalue weighted by atomic mass is 10.0. The van der Waals surface area contributed by atoms with E-state index in [9.17, 15) is 8.42 Å². The van der Waals surface area contributed by atoms with Crippen molar-refractivity contribution in [3.05, 3.63) is 22.3 Å². The minimum absolute atomic E-state index is 0.236. The molecule has 0 saturated carbocycles. The highest BCUT2D eigenvalue weighted by Gasteiger charge is 2.28. The van der Waals surface area contributed by atoms with Gasteiger partial charge in [-0.1, -0.05) is 0 Å². The second-order valence-electron chi connectivity index (χ2n) is 4.97. The molecule has 1 atom stereocenters. The Kier molecular flexibility index (Phi) is 5.00. The Morgan fingerprint density at radius 2 is 2.30 bits per heavy atom. The Morgan fingerprint density at radius 1 is 1.55 bits per heavy atom. The lowest BCUT2D eigenvalue weighted by molar-refractivity contribution is 0.273. The first-order valence-electron chi connectivity index (χ1n) is 6.53. The number of aryl methyl sites for hydroxylation is 1. The molecular weight excluding hydrogens is 344 g/mol. The van der Waals surface area contributed by atoms with Crippen molar-refractivity contribution in [3.63, 3.8) is 0 Å². The number of rotatable bonds is 4. The van der Waals surface area contributed by atoms with E-state index in [4.69, 9.17) is 5.73 Å². The van der Waals surface area contributed by atoms with Gasteiger partial charge in [-0.15, -0.1) is 0 Å². The maximum atomic E-state index is 12.3. The van der Waals surface area contributed by atoms with Gasteiger partial charge in [-0.2, -0.15) is 12.7 Å². The number of nitrogens with zero attached hydrogens (tertiary/aromatic N) is 2. The molecule has 1 aromatic rings. The molecular formula is C12H19BrN4O2S. The van der Waals surface area contributed by atoms with Crippen LogP contribution in [-0.4, -0.2) is 37.3 Å². The molecule has 1 fully saturated rings. The summed E-state index contributed by atoms with van der Waals surface area (Å²) in [5.74, 6) is 0.570. The van der Waals surface area contributed by atoms with E-state index in [1.807, 2.05) is 6.92 Å². The van der Waals surface area contributed by atoms with E-state index >= 15 is 0 Å². The average Bonchev–Trinajstić information content (AvgIpc) is 2.43. The number of pyridine rings is 1. The molecule has 0 amide bonds. The van der Waals surface area contributed by atoms with Crippen LogP contribution in [0.25, 0.3) is 0 Å². The zero-order valence-corrected chi connectivity index (χ0v) is 13.7. The Labute approximate surface area is 128 Å². The van der Waals surface area contributed by atoms with Crippen LogP contribution in [0.5, 0.6) is 0 Å². The van der Waals surface area contributed by atoms with E-state index in [-0.39, 0.29) is 5.92 Å². The summed E-state index contributed by atoms with van der Waals surface area (Å²) < 4.78 is 29.5. The molecule has 0 aromatic carbocycles. The summed E-state index contributed by atoms with van der Waals surface area (Å²) in [7, 11) is -3.56. The van der Waals surface area contributed by atoms with Gasteiger partial charge in [0.05, 0.1) is 5.69 Å². The number of hydrogen-bond acceptors (Lipinski definition) is 4. The minimum atomic E-state index is -3.56. The fourth-order valence-electron chi connectivity index (χ4n) is 2.24. The molecule has 1 aromatic heterocycles. The summed E-state index contributed by atoms with van der Waals surface area (Å²) in [6, 6.07) is 3.41. The predicted octanol–water partition coefficient (Wildman–Crippen LogP) is 1.48. The van der Waals surface area contributed by atoms with E-state index < -0.39 is 10.2 Å². The molecule has 1 aliphatic heterocycles. The molecule has 3 N–H and O–H groups in total. The molecule has 0 radical (unpaired) electrons. The van der Waals surface area contributed by atoms with Crippen LogP contribution >= 0.6 is 15.9 Å². The zero-order chi connectivity index (χ0) is 14.8. The van der Waals surface area contributed by atoms with Crippen molar-refractivity contribution in [1.82, 2.24) is 9.29 Å². The standard InChI is InChI=1S/C12H19BrN4O2S/c1-9-11(13)4-5-12(15-9)16-20(18,19)17-6-2-3-10(7-14)8-17/h4-5,10H,2-3,6-8,14H2,1H3,(H,15,16). The highest BCUT2D eigenvalue weighted by Crippen LogP contribution is 2.21. The van der Waals surface area contributed by atoms with E-state index in [2.05, 4.69) is 25.6 Å². The normalized spacial score (nSPS) is 20.9. The summed E-state index contributed by atoms with van der Waals surface area (Å²) in [6.07, 6.45) is 1.83. The average molecular weight is 363 g/mol. The molecule has 2 heterocycles. The van der Waals surface area contributed by atoms with Crippen LogP contribution in [0.4, 0.5) is 5.82 Å². The second kappa shape index (κ2) is 6.38. The monoisotopic (exact) mass is 362 g/mol. The molecule has 2 rings (SSSR count). The molecule has 1 unspecified atom stereocenters. The number of aromatic nitrogens is 1. The van der Waals surface area contributed by atoms with Crippen molar-refractivity contribution < 1.29 is 8.42 Å². The van der Waals surface area contributed by atoms with Gasteiger partial charge in [0, 0.05) is 17.6 Å². The lowest BCUT2D eigenvalue weighted by Crippen LogP contribution is -2.44. The minimum Gasteiger partial charge on any atom is -0.330 e. The van der Waals surface area contributed by atoms with Gasteiger partial charge >= 0.3 is 10.2 Å². The van der Waals surface area contributed by atoms with E-state index in [1.54, 1.807) is 12.1 Å². The third kappa shape index (κ3) is 3.69. The lowest BCUT2D eigenvalue weighted by Gasteiger charge is -2.31. The van der Waals surface area contributed by atoms with E-state index in [1.165, 1.54) is 4.31 Å². The number of halogens is 1. The Balaban J connectivity index is 2.12. The maximum absolute atomic E-state index is 12.3. The van der Waals surface area contributed by atoms with Gasteiger partial charge in [0.15, 0.2) is 0 Å².